The van der Waals surface area contributed by atoms with Crippen molar-refractivity contribution in [3.05, 3.63) is 120 Å². The van der Waals surface area contributed by atoms with Crippen molar-refractivity contribution in [1.29, 1.82) is 0 Å². The Morgan fingerprint density at radius 3 is 2.50 bits per heavy atom. The standard InChI is InChI=1S/C48H50ClN7O5S/c1-29(49)39-28-56(48(59)41-24-33-23-35(13-17-40(33)53-41)60-21-20-54(2)3)42-25-43(57)38-22-30(6-16-37(38)46(39)42)26-50-45(58)18-19-52-62-36-14-9-32(10-15-36)47-51-27-44(61-47)31-7-11-34(12-8-31)55(4)5/h6-17,22-25,27,29,39,52-53,57H,18-21,26,28H2,1-5H3,(H,50,58). The third-order valence-electron chi connectivity index (χ3n) is 11.1. The lowest BCUT2D eigenvalue weighted by Gasteiger charge is -2.18. The molecule has 7 aromatic rings. The number of anilines is 2. The number of nitrogens with zero attached hydrogens (tertiary/aromatic N) is 4. The molecule has 1 aliphatic rings. The van der Waals surface area contributed by atoms with Gasteiger partial charge in [0.1, 0.15) is 23.8 Å². The van der Waals surface area contributed by atoms with Crippen molar-refractivity contribution < 1.29 is 23.8 Å². The zero-order chi connectivity index (χ0) is 43.5. The topological polar surface area (TPSA) is 139 Å². The normalized spacial score (nSPS) is 14.1. The number of likely N-dealkylation sites (N-methyl/N-ethyl adjacent to an activating group) is 1. The van der Waals surface area contributed by atoms with Gasteiger partial charge in [-0.15, -0.1) is 11.6 Å². The summed E-state index contributed by atoms with van der Waals surface area (Å²) in [5, 5.41) is 16.4. The van der Waals surface area contributed by atoms with Gasteiger partial charge in [0.2, 0.25) is 11.8 Å². The summed E-state index contributed by atoms with van der Waals surface area (Å²) in [7, 11) is 8.01. The van der Waals surface area contributed by atoms with Crippen LogP contribution in [-0.4, -0.2) is 91.6 Å². The van der Waals surface area contributed by atoms with Crippen LogP contribution in [0.15, 0.2) is 113 Å². The minimum atomic E-state index is -0.278. The molecule has 0 saturated heterocycles. The zero-order valence-corrected chi connectivity index (χ0v) is 36.9. The first-order chi connectivity index (χ1) is 29.9. The van der Waals surface area contributed by atoms with E-state index in [1.165, 1.54) is 11.9 Å². The first kappa shape index (κ1) is 42.7. The highest BCUT2D eigenvalue weighted by molar-refractivity contribution is 7.97. The largest absolute Gasteiger partial charge is 0.507 e. The molecule has 12 nitrogen and oxygen atoms in total. The van der Waals surface area contributed by atoms with E-state index >= 15 is 0 Å². The number of fused-ring (bicyclic) bond motifs is 4. The lowest BCUT2D eigenvalue weighted by molar-refractivity contribution is -0.121. The molecule has 2 atom stereocenters. The Kier molecular flexibility index (Phi) is 12.8. The fourth-order valence-corrected chi connectivity index (χ4v) is 8.51. The summed E-state index contributed by atoms with van der Waals surface area (Å²) >= 11 is 8.24. The molecule has 0 saturated carbocycles. The fourth-order valence-electron chi connectivity index (χ4n) is 7.66. The lowest BCUT2D eigenvalue weighted by atomic mass is 9.91. The molecule has 14 heteroatoms. The minimum Gasteiger partial charge on any atom is -0.507 e. The molecule has 2 amide bonds. The molecule has 3 heterocycles. The number of oxazole rings is 1. The number of phenolic OH excluding ortho intramolecular Hbond substituents is 1. The van der Waals surface area contributed by atoms with Gasteiger partial charge in [-0.1, -0.05) is 12.1 Å². The quantitative estimate of drug-likeness (QED) is 0.0423. The number of nitrogens with one attached hydrogen (secondary N) is 3. The number of ether oxygens (including phenoxy) is 1. The van der Waals surface area contributed by atoms with Crippen molar-refractivity contribution in [2.45, 2.75) is 36.1 Å². The summed E-state index contributed by atoms with van der Waals surface area (Å²) < 4.78 is 15.2. The van der Waals surface area contributed by atoms with Gasteiger partial charge in [0.25, 0.3) is 5.91 Å². The Morgan fingerprint density at radius 2 is 1.76 bits per heavy atom. The molecule has 4 N–H and O–H groups in total. The van der Waals surface area contributed by atoms with E-state index in [4.69, 9.17) is 20.8 Å². The van der Waals surface area contributed by atoms with Gasteiger partial charge in [-0.25, -0.2) is 4.98 Å². The minimum absolute atomic E-state index is 0.0502. The third-order valence-corrected chi connectivity index (χ3v) is 12.2. The highest BCUT2D eigenvalue weighted by Gasteiger charge is 2.38. The van der Waals surface area contributed by atoms with Gasteiger partial charge in [0.05, 0.1) is 11.9 Å². The molecule has 0 fully saturated rings. The van der Waals surface area contributed by atoms with Gasteiger partial charge >= 0.3 is 0 Å². The van der Waals surface area contributed by atoms with Gasteiger partial charge < -0.3 is 39.3 Å². The van der Waals surface area contributed by atoms with E-state index in [2.05, 4.69) is 29.8 Å². The Balaban J connectivity index is 0.854. The molecule has 8 rings (SSSR count). The van der Waals surface area contributed by atoms with Crippen LogP contribution in [0.25, 0.3) is 44.5 Å². The third kappa shape index (κ3) is 9.41. The molecule has 0 radical (unpaired) electrons. The van der Waals surface area contributed by atoms with Crippen LogP contribution < -0.4 is 24.6 Å². The summed E-state index contributed by atoms with van der Waals surface area (Å²) in [6, 6.07) is 31.1. The van der Waals surface area contributed by atoms with Gasteiger partial charge in [0.15, 0.2) is 5.76 Å². The van der Waals surface area contributed by atoms with Crippen LogP contribution in [-0.2, 0) is 11.3 Å². The maximum absolute atomic E-state index is 14.1. The first-order valence-corrected chi connectivity index (χ1v) is 21.8. The first-order valence-electron chi connectivity index (χ1n) is 20.6. The molecule has 5 aromatic carbocycles. The predicted octanol–water partition coefficient (Wildman–Crippen LogP) is 9.03. The Bertz CT molecular complexity index is 2710. The second-order valence-corrected chi connectivity index (χ2v) is 17.7. The number of amides is 2. The van der Waals surface area contributed by atoms with Crippen molar-refractivity contribution in [2.75, 3.05) is 64.2 Å². The molecule has 62 heavy (non-hydrogen) atoms. The van der Waals surface area contributed by atoms with E-state index in [1.807, 2.05) is 126 Å². The molecule has 2 aromatic heterocycles. The maximum Gasteiger partial charge on any atom is 0.274 e. The van der Waals surface area contributed by atoms with Crippen LogP contribution in [0.5, 0.6) is 11.5 Å². The number of aromatic amines is 1. The number of rotatable bonds is 16. The van der Waals surface area contributed by atoms with E-state index < -0.39 is 0 Å². The number of hydrogen-bond acceptors (Lipinski definition) is 10. The average Bonchev–Trinajstić information content (AvgIpc) is 4.02. The van der Waals surface area contributed by atoms with Crippen LogP contribution in [0.1, 0.15) is 40.9 Å². The number of alkyl halides is 1. The van der Waals surface area contributed by atoms with Gasteiger partial charge in [-0.05, 0) is 128 Å². The second-order valence-electron chi connectivity index (χ2n) is 16.0. The summed E-state index contributed by atoms with van der Waals surface area (Å²) in [5.74, 6) is 1.58. The number of hydrogen-bond donors (Lipinski definition) is 4. The van der Waals surface area contributed by atoms with Crippen LogP contribution >= 0.6 is 23.5 Å². The molecule has 320 valence electrons. The Morgan fingerprint density at radius 1 is 0.984 bits per heavy atom. The summed E-state index contributed by atoms with van der Waals surface area (Å²) in [6.45, 7) is 4.42. The SMILES string of the molecule is CC(Cl)C1CN(C(=O)c2cc3cc(OCCN(C)C)ccc3[nH]2)c2cc(O)c3cc(CNC(=O)CCNSc4ccc(-c5ncc(-c6ccc(N(C)C)cc6)o5)cc4)ccc3c21. The van der Waals surface area contributed by atoms with Gasteiger partial charge in [-0.3, -0.25) is 14.3 Å². The van der Waals surface area contributed by atoms with Crippen molar-refractivity contribution in [1.82, 2.24) is 24.9 Å². The number of aromatic nitrogens is 2. The number of carbonyl (C=O) groups excluding carboxylic acids is 2. The number of benzene rings is 5. The van der Waals surface area contributed by atoms with E-state index in [9.17, 15) is 14.7 Å². The van der Waals surface area contributed by atoms with E-state index in [0.717, 1.165) is 61.4 Å². The predicted molar refractivity (Wildman–Crippen MR) is 250 cm³/mol. The van der Waals surface area contributed by atoms with Crippen molar-refractivity contribution >= 4 is 68.4 Å². The Hall–Kier alpha value is -5.99. The summed E-state index contributed by atoms with van der Waals surface area (Å²) in [4.78, 5) is 41.5. The van der Waals surface area contributed by atoms with E-state index in [0.29, 0.717) is 54.7 Å². The molecule has 2 unspecified atom stereocenters. The van der Waals surface area contributed by atoms with Crippen molar-refractivity contribution in [2.24, 2.45) is 0 Å². The lowest BCUT2D eigenvalue weighted by Crippen LogP contribution is -2.31. The second kappa shape index (κ2) is 18.5. The maximum atomic E-state index is 14.1. The monoisotopic (exact) mass is 871 g/mol. The van der Waals surface area contributed by atoms with Gasteiger partial charge in [-0.2, -0.15) is 0 Å². The molecule has 0 bridgehead atoms. The number of carbonyl (C=O) groups is 2. The molecule has 0 aliphatic carbocycles. The average molecular weight is 872 g/mol. The van der Waals surface area contributed by atoms with Crippen LogP contribution in [0.4, 0.5) is 11.4 Å². The summed E-state index contributed by atoms with van der Waals surface area (Å²) in [5.41, 5.74) is 6.62. The smallest absolute Gasteiger partial charge is 0.274 e. The number of phenols is 1. The highest BCUT2D eigenvalue weighted by Crippen LogP contribution is 2.47. The molecule has 1 aliphatic heterocycles. The van der Waals surface area contributed by atoms with Crippen LogP contribution in [0, 0.1) is 0 Å². The zero-order valence-electron chi connectivity index (χ0n) is 35.4. The number of halogens is 1. The Labute approximate surface area is 370 Å². The van der Waals surface area contributed by atoms with Crippen LogP contribution in [0.2, 0.25) is 0 Å². The molecular formula is C48H50ClN7O5S. The van der Waals surface area contributed by atoms with Crippen molar-refractivity contribution in [3.8, 4) is 34.3 Å². The number of aromatic hydroxyl groups is 1. The molecule has 0 spiro atoms. The van der Waals surface area contributed by atoms with Crippen LogP contribution in [0.3, 0.4) is 0 Å². The van der Waals surface area contributed by atoms with Gasteiger partial charge in [0, 0.05) is 102 Å². The molecular weight excluding hydrogens is 822 g/mol. The van der Waals surface area contributed by atoms with Crippen molar-refractivity contribution in [3.63, 3.8) is 0 Å². The number of H-pyrrole nitrogens is 1. The van der Waals surface area contributed by atoms with E-state index in [1.54, 1.807) is 17.2 Å². The summed E-state index contributed by atoms with van der Waals surface area (Å²) in [6.07, 6.45) is 2.03. The highest BCUT2D eigenvalue weighted by atomic mass is 35.5. The fraction of sp³-hybridized carbons (Fsp3) is 0.271. The van der Waals surface area contributed by atoms with E-state index in [-0.39, 0.29) is 35.3 Å².